The van der Waals surface area contributed by atoms with Gasteiger partial charge in [-0.2, -0.15) is 12.6 Å². The van der Waals surface area contributed by atoms with Crippen LogP contribution in [0.1, 0.15) is 17.5 Å². The van der Waals surface area contributed by atoms with Crippen LogP contribution in [0.5, 0.6) is 5.75 Å². The van der Waals surface area contributed by atoms with Crippen LogP contribution in [0.25, 0.3) is 0 Å². The third-order valence-corrected chi connectivity index (χ3v) is 2.36. The average Bonchev–Trinajstić information content (AvgIpc) is 2.15. The standard InChI is InChI=1S/C11H16OS/c1-9-5-6-11(12-2)10(8-9)4-3-7-13/h5-6,8,13H,3-4,7H2,1-2H3. The maximum absolute atomic E-state index is 5.27. The lowest BCUT2D eigenvalue weighted by Crippen LogP contribution is -1.93. The number of ether oxygens (including phenoxy) is 1. The number of methoxy groups -OCH3 is 1. The highest BCUT2D eigenvalue weighted by Crippen LogP contribution is 2.20. The summed E-state index contributed by atoms with van der Waals surface area (Å²) in [6.45, 7) is 2.10. The molecule has 1 nitrogen and oxygen atoms in total. The molecule has 1 aromatic carbocycles. The van der Waals surface area contributed by atoms with Gasteiger partial charge in [0, 0.05) is 0 Å². The fourth-order valence-electron chi connectivity index (χ4n) is 1.37. The van der Waals surface area contributed by atoms with E-state index >= 15 is 0 Å². The highest BCUT2D eigenvalue weighted by Gasteiger charge is 2.01. The molecule has 0 fully saturated rings. The van der Waals surface area contributed by atoms with E-state index < -0.39 is 0 Å². The molecule has 0 aliphatic carbocycles. The van der Waals surface area contributed by atoms with E-state index in [9.17, 15) is 0 Å². The van der Waals surface area contributed by atoms with Crippen LogP contribution in [0.3, 0.4) is 0 Å². The molecule has 0 bridgehead atoms. The molecule has 0 unspecified atom stereocenters. The largest absolute Gasteiger partial charge is 0.496 e. The van der Waals surface area contributed by atoms with E-state index in [1.165, 1.54) is 11.1 Å². The van der Waals surface area contributed by atoms with E-state index in [0.717, 1.165) is 24.3 Å². The lowest BCUT2D eigenvalue weighted by atomic mass is 10.1. The number of rotatable bonds is 4. The SMILES string of the molecule is COc1ccc(C)cc1CCCS. The van der Waals surface area contributed by atoms with E-state index in [1.54, 1.807) is 7.11 Å². The molecular formula is C11H16OS. The number of hydrogen-bond acceptors (Lipinski definition) is 2. The van der Waals surface area contributed by atoms with Gasteiger partial charge in [-0.05, 0) is 37.1 Å². The molecule has 1 aromatic rings. The van der Waals surface area contributed by atoms with Gasteiger partial charge in [-0.3, -0.25) is 0 Å². The molecule has 0 amide bonds. The van der Waals surface area contributed by atoms with Gasteiger partial charge in [0.25, 0.3) is 0 Å². The third-order valence-electron chi connectivity index (χ3n) is 2.04. The van der Waals surface area contributed by atoms with Gasteiger partial charge in [0.15, 0.2) is 0 Å². The molecule has 13 heavy (non-hydrogen) atoms. The summed E-state index contributed by atoms with van der Waals surface area (Å²) in [6, 6.07) is 6.29. The molecule has 1 rings (SSSR count). The Balaban J connectivity index is 2.81. The molecule has 0 radical (unpaired) electrons. The van der Waals surface area contributed by atoms with Crippen molar-refractivity contribution in [2.75, 3.05) is 12.9 Å². The van der Waals surface area contributed by atoms with Gasteiger partial charge in [-0.1, -0.05) is 17.7 Å². The minimum Gasteiger partial charge on any atom is -0.496 e. The highest BCUT2D eigenvalue weighted by atomic mass is 32.1. The van der Waals surface area contributed by atoms with Gasteiger partial charge in [0.1, 0.15) is 5.75 Å². The second kappa shape index (κ2) is 5.18. The number of aryl methyl sites for hydroxylation is 2. The highest BCUT2D eigenvalue weighted by molar-refractivity contribution is 7.80. The van der Waals surface area contributed by atoms with Crippen molar-refractivity contribution < 1.29 is 4.74 Å². The second-order valence-electron chi connectivity index (χ2n) is 3.14. The number of hydrogen-bond donors (Lipinski definition) is 1. The molecule has 0 saturated carbocycles. The maximum Gasteiger partial charge on any atom is 0.122 e. The monoisotopic (exact) mass is 196 g/mol. The lowest BCUT2D eigenvalue weighted by Gasteiger charge is -2.08. The predicted molar refractivity (Wildman–Crippen MR) is 59.9 cm³/mol. The first kappa shape index (κ1) is 10.5. The van der Waals surface area contributed by atoms with E-state index in [4.69, 9.17) is 4.74 Å². The van der Waals surface area contributed by atoms with Crippen LogP contribution in [0.4, 0.5) is 0 Å². The van der Waals surface area contributed by atoms with E-state index in [0.29, 0.717) is 0 Å². The molecule has 0 aliphatic heterocycles. The molecule has 0 heterocycles. The summed E-state index contributed by atoms with van der Waals surface area (Å²) in [4.78, 5) is 0. The van der Waals surface area contributed by atoms with Crippen molar-refractivity contribution in [3.63, 3.8) is 0 Å². The Morgan fingerprint density at radius 3 is 2.77 bits per heavy atom. The normalized spacial score (nSPS) is 10.1. The zero-order valence-electron chi connectivity index (χ0n) is 8.21. The minimum atomic E-state index is 0.928. The van der Waals surface area contributed by atoms with Crippen LogP contribution in [-0.4, -0.2) is 12.9 Å². The molecule has 0 atom stereocenters. The maximum atomic E-state index is 5.27. The van der Waals surface area contributed by atoms with Gasteiger partial charge < -0.3 is 4.74 Å². The first-order valence-corrected chi connectivity index (χ1v) is 5.15. The Bertz CT molecular complexity index is 271. The smallest absolute Gasteiger partial charge is 0.122 e. The van der Waals surface area contributed by atoms with E-state index in [2.05, 4.69) is 31.7 Å². The van der Waals surface area contributed by atoms with Crippen molar-refractivity contribution in [2.24, 2.45) is 0 Å². The summed E-state index contributed by atoms with van der Waals surface area (Å²) in [7, 11) is 1.72. The minimum absolute atomic E-state index is 0.928. The average molecular weight is 196 g/mol. The Labute approximate surface area is 85.5 Å². The van der Waals surface area contributed by atoms with Crippen LogP contribution < -0.4 is 4.74 Å². The fourth-order valence-corrected chi connectivity index (χ4v) is 1.53. The predicted octanol–water partition coefficient (Wildman–Crippen LogP) is 2.87. The Kier molecular flexibility index (Phi) is 4.16. The van der Waals surface area contributed by atoms with Gasteiger partial charge in [-0.15, -0.1) is 0 Å². The molecule has 0 N–H and O–H groups in total. The third kappa shape index (κ3) is 2.96. The van der Waals surface area contributed by atoms with Crippen molar-refractivity contribution in [2.45, 2.75) is 19.8 Å². The fraction of sp³-hybridized carbons (Fsp3) is 0.455. The van der Waals surface area contributed by atoms with Gasteiger partial charge in [0.2, 0.25) is 0 Å². The molecule has 0 saturated heterocycles. The lowest BCUT2D eigenvalue weighted by molar-refractivity contribution is 0.409. The van der Waals surface area contributed by atoms with Crippen molar-refractivity contribution in [3.05, 3.63) is 29.3 Å². The second-order valence-corrected chi connectivity index (χ2v) is 3.59. The Morgan fingerprint density at radius 1 is 1.38 bits per heavy atom. The first-order valence-electron chi connectivity index (χ1n) is 4.52. The quantitative estimate of drug-likeness (QED) is 0.729. The van der Waals surface area contributed by atoms with Gasteiger partial charge >= 0.3 is 0 Å². The topological polar surface area (TPSA) is 9.23 Å². The van der Waals surface area contributed by atoms with Crippen LogP contribution in [0.2, 0.25) is 0 Å². The zero-order valence-corrected chi connectivity index (χ0v) is 9.10. The molecule has 2 heteroatoms. The zero-order chi connectivity index (χ0) is 9.68. The summed E-state index contributed by atoms with van der Waals surface area (Å²) in [5.41, 5.74) is 2.58. The van der Waals surface area contributed by atoms with Gasteiger partial charge in [-0.25, -0.2) is 0 Å². The molecular weight excluding hydrogens is 180 g/mol. The van der Waals surface area contributed by atoms with Crippen molar-refractivity contribution >= 4 is 12.6 Å². The van der Waals surface area contributed by atoms with Crippen molar-refractivity contribution in [3.8, 4) is 5.75 Å². The van der Waals surface area contributed by atoms with Crippen LogP contribution >= 0.6 is 12.6 Å². The summed E-state index contributed by atoms with van der Waals surface area (Å²) in [5.74, 6) is 1.92. The number of benzene rings is 1. The van der Waals surface area contributed by atoms with Crippen molar-refractivity contribution in [1.82, 2.24) is 0 Å². The summed E-state index contributed by atoms with van der Waals surface area (Å²) in [6.07, 6.45) is 2.15. The number of thiol groups is 1. The van der Waals surface area contributed by atoms with E-state index in [1.807, 2.05) is 6.07 Å². The van der Waals surface area contributed by atoms with Gasteiger partial charge in [0.05, 0.1) is 7.11 Å². The Morgan fingerprint density at radius 2 is 2.15 bits per heavy atom. The summed E-state index contributed by atoms with van der Waals surface area (Å²) < 4.78 is 5.27. The summed E-state index contributed by atoms with van der Waals surface area (Å²) in [5, 5.41) is 0. The Hall–Kier alpha value is -0.630. The molecule has 0 aromatic heterocycles. The molecule has 0 aliphatic rings. The van der Waals surface area contributed by atoms with Crippen LogP contribution in [0, 0.1) is 6.92 Å². The van der Waals surface area contributed by atoms with Crippen LogP contribution in [0.15, 0.2) is 18.2 Å². The summed E-state index contributed by atoms with van der Waals surface area (Å²) >= 11 is 4.20. The molecule has 0 spiro atoms. The molecule has 72 valence electrons. The first-order chi connectivity index (χ1) is 6.27. The van der Waals surface area contributed by atoms with Crippen LogP contribution in [-0.2, 0) is 6.42 Å². The van der Waals surface area contributed by atoms with E-state index in [-0.39, 0.29) is 0 Å². The van der Waals surface area contributed by atoms with Crippen molar-refractivity contribution in [1.29, 1.82) is 0 Å².